The molecule has 6 nitrogen and oxygen atoms in total. The molecule has 0 bridgehead atoms. The maximum atomic E-state index is 13.2. The minimum atomic E-state index is -0.477. The number of carbonyl (C=O) groups excluding carboxylic acids is 2. The molecule has 1 saturated heterocycles. The third kappa shape index (κ3) is 6.29. The number of thiophene rings is 1. The van der Waals surface area contributed by atoms with Gasteiger partial charge in [-0.25, -0.2) is 0 Å². The van der Waals surface area contributed by atoms with E-state index >= 15 is 0 Å². The summed E-state index contributed by atoms with van der Waals surface area (Å²) in [5, 5.41) is 7.00. The molecule has 3 heterocycles. The summed E-state index contributed by atoms with van der Waals surface area (Å²) in [6, 6.07) is 1.91. The molecule has 0 aliphatic carbocycles. The first kappa shape index (κ1) is 23.3. The molecule has 0 aromatic carbocycles. The molecule has 0 saturated carbocycles. The summed E-state index contributed by atoms with van der Waals surface area (Å²) in [7, 11) is 0. The molecule has 2 amide bonds. The van der Waals surface area contributed by atoms with Gasteiger partial charge in [-0.1, -0.05) is 26.7 Å². The Bertz CT molecular complexity index is 941. The lowest BCUT2D eigenvalue weighted by Gasteiger charge is -2.21. The first-order chi connectivity index (χ1) is 14.8. The lowest BCUT2D eigenvalue weighted by molar-refractivity contribution is 0.0759. The quantitative estimate of drug-likeness (QED) is 0.704. The van der Waals surface area contributed by atoms with Crippen LogP contribution in [-0.4, -0.2) is 40.4 Å². The van der Waals surface area contributed by atoms with Gasteiger partial charge in [-0.05, 0) is 54.5 Å². The highest BCUT2D eigenvalue weighted by Gasteiger charge is 2.24. The van der Waals surface area contributed by atoms with E-state index in [0.717, 1.165) is 31.2 Å². The number of pyridine rings is 1. The van der Waals surface area contributed by atoms with Crippen LogP contribution in [0.1, 0.15) is 72.7 Å². The molecule has 1 atom stereocenters. The first-order valence-electron chi connectivity index (χ1n) is 11.2. The summed E-state index contributed by atoms with van der Waals surface area (Å²) >= 11 is 1.62. The topological polar surface area (TPSA) is 71.4 Å². The summed E-state index contributed by atoms with van der Waals surface area (Å²) in [6.07, 6.45) is 8.02. The first-order valence-corrected chi connectivity index (χ1v) is 12.1. The molecular formula is C24H33N3O3S. The Balaban J connectivity index is 1.87. The van der Waals surface area contributed by atoms with Crippen LogP contribution in [0, 0.1) is 5.92 Å². The molecule has 0 spiro atoms. The largest absolute Gasteiger partial charge is 0.352 e. The number of rotatable bonds is 7. The predicted octanol–water partition coefficient (Wildman–Crippen LogP) is 3.94. The standard InChI is InChI=1S/C24H33N3O3S/c1-17(2)13-26-14-20(23(29)25-18(3)12-19-8-11-31-16-19)22(28)21(15-26)24(30)27-9-6-4-5-7-10-27/h8,11,14-18H,4-7,9-10,12-13H2,1-3H3,(H,25,29)/t18-/m1/s1. The van der Waals surface area contributed by atoms with E-state index in [1.807, 2.05) is 22.9 Å². The molecule has 2 aromatic rings. The van der Waals surface area contributed by atoms with Gasteiger partial charge in [-0.15, -0.1) is 0 Å². The highest BCUT2D eigenvalue weighted by atomic mass is 32.1. The van der Waals surface area contributed by atoms with Gasteiger partial charge in [0.15, 0.2) is 0 Å². The number of amides is 2. The molecule has 168 valence electrons. The molecule has 1 aliphatic heterocycles. The lowest BCUT2D eigenvalue weighted by Crippen LogP contribution is -2.40. The van der Waals surface area contributed by atoms with Crippen LogP contribution in [0.4, 0.5) is 0 Å². The Hall–Kier alpha value is -2.41. The maximum absolute atomic E-state index is 13.2. The fraction of sp³-hybridized carbons (Fsp3) is 0.542. The van der Waals surface area contributed by atoms with Crippen molar-refractivity contribution in [3.05, 3.63) is 56.1 Å². The Labute approximate surface area is 188 Å². The zero-order chi connectivity index (χ0) is 22.4. The number of carbonyl (C=O) groups is 2. The van der Waals surface area contributed by atoms with Crippen molar-refractivity contribution >= 4 is 23.2 Å². The van der Waals surface area contributed by atoms with E-state index in [4.69, 9.17) is 0 Å². The van der Waals surface area contributed by atoms with Crippen LogP contribution in [0.25, 0.3) is 0 Å². The second-order valence-corrected chi connectivity index (χ2v) is 9.70. The molecule has 1 aliphatic rings. The smallest absolute Gasteiger partial charge is 0.259 e. The summed E-state index contributed by atoms with van der Waals surface area (Å²) in [5.74, 6) is -0.363. The normalized spacial score (nSPS) is 15.5. The molecule has 0 unspecified atom stereocenters. The van der Waals surface area contributed by atoms with Crippen LogP contribution in [0.2, 0.25) is 0 Å². The SMILES string of the molecule is CC(C)Cn1cc(C(=O)N[C@H](C)Cc2ccsc2)c(=O)c(C(=O)N2CCCCCC2)c1. The predicted molar refractivity (Wildman–Crippen MR) is 125 cm³/mol. The van der Waals surface area contributed by atoms with E-state index in [-0.39, 0.29) is 23.1 Å². The third-order valence-corrected chi connectivity index (χ3v) is 6.25. The van der Waals surface area contributed by atoms with Crippen molar-refractivity contribution in [2.45, 2.75) is 65.5 Å². The number of hydrogen-bond acceptors (Lipinski definition) is 4. The van der Waals surface area contributed by atoms with E-state index in [1.54, 1.807) is 28.6 Å². The van der Waals surface area contributed by atoms with Crippen LogP contribution < -0.4 is 10.7 Å². The van der Waals surface area contributed by atoms with Crippen molar-refractivity contribution < 1.29 is 9.59 Å². The highest BCUT2D eigenvalue weighted by molar-refractivity contribution is 7.07. The number of nitrogens with one attached hydrogen (secondary N) is 1. The fourth-order valence-electron chi connectivity index (χ4n) is 4.03. The zero-order valence-electron chi connectivity index (χ0n) is 18.7. The van der Waals surface area contributed by atoms with Gasteiger partial charge in [0.2, 0.25) is 5.43 Å². The molecule has 3 rings (SSSR count). The van der Waals surface area contributed by atoms with Gasteiger partial charge in [0.25, 0.3) is 11.8 Å². The number of likely N-dealkylation sites (tertiary alicyclic amines) is 1. The minimum absolute atomic E-state index is 0.0403. The molecule has 0 radical (unpaired) electrons. The second-order valence-electron chi connectivity index (χ2n) is 8.92. The number of aromatic nitrogens is 1. The van der Waals surface area contributed by atoms with Gasteiger partial charge >= 0.3 is 0 Å². The van der Waals surface area contributed by atoms with Gasteiger partial charge in [-0.3, -0.25) is 14.4 Å². The highest BCUT2D eigenvalue weighted by Crippen LogP contribution is 2.14. The zero-order valence-corrected chi connectivity index (χ0v) is 19.5. The molecule has 7 heteroatoms. The van der Waals surface area contributed by atoms with Crippen LogP contribution in [0.3, 0.4) is 0 Å². The van der Waals surface area contributed by atoms with Crippen LogP contribution in [0.15, 0.2) is 34.0 Å². The monoisotopic (exact) mass is 443 g/mol. The molecule has 2 aromatic heterocycles. The Morgan fingerprint density at radius 2 is 1.74 bits per heavy atom. The van der Waals surface area contributed by atoms with Gasteiger partial charge in [0.05, 0.1) is 0 Å². The van der Waals surface area contributed by atoms with Gasteiger partial charge in [0, 0.05) is 38.1 Å². The van der Waals surface area contributed by atoms with Crippen molar-refractivity contribution in [2.24, 2.45) is 5.92 Å². The summed E-state index contributed by atoms with van der Waals surface area (Å²) in [5.41, 5.74) is 0.814. The number of hydrogen-bond donors (Lipinski definition) is 1. The van der Waals surface area contributed by atoms with Crippen molar-refractivity contribution in [1.82, 2.24) is 14.8 Å². The maximum Gasteiger partial charge on any atom is 0.259 e. The molecule has 31 heavy (non-hydrogen) atoms. The van der Waals surface area contributed by atoms with Crippen molar-refractivity contribution in [3.63, 3.8) is 0 Å². The van der Waals surface area contributed by atoms with Gasteiger partial charge in [0.1, 0.15) is 11.1 Å². The van der Waals surface area contributed by atoms with E-state index in [0.29, 0.717) is 32.0 Å². The number of nitrogens with zero attached hydrogens (tertiary/aromatic N) is 2. The fourth-order valence-corrected chi connectivity index (χ4v) is 4.71. The average molecular weight is 444 g/mol. The van der Waals surface area contributed by atoms with Crippen molar-refractivity contribution in [3.8, 4) is 0 Å². The third-order valence-electron chi connectivity index (χ3n) is 5.52. The summed E-state index contributed by atoms with van der Waals surface area (Å²) in [6.45, 7) is 8.01. The Morgan fingerprint density at radius 3 is 2.35 bits per heavy atom. The average Bonchev–Trinajstić information content (AvgIpc) is 3.06. The minimum Gasteiger partial charge on any atom is -0.352 e. The Kier molecular flexibility index (Phi) is 8.07. The second kappa shape index (κ2) is 10.8. The molecule has 1 N–H and O–H groups in total. The lowest BCUT2D eigenvalue weighted by atomic mass is 10.1. The van der Waals surface area contributed by atoms with E-state index < -0.39 is 11.3 Å². The van der Waals surface area contributed by atoms with Gasteiger partial charge in [-0.2, -0.15) is 11.3 Å². The summed E-state index contributed by atoms with van der Waals surface area (Å²) in [4.78, 5) is 41.2. The van der Waals surface area contributed by atoms with Crippen LogP contribution in [0.5, 0.6) is 0 Å². The van der Waals surface area contributed by atoms with Crippen molar-refractivity contribution in [2.75, 3.05) is 13.1 Å². The summed E-state index contributed by atoms with van der Waals surface area (Å²) < 4.78 is 1.82. The van der Waals surface area contributed by atoms with Crippen LogP contribution in [-0.2, 0) is 13.0 Å². The van der Waals surface area contributed by atoms with Crippen LogP contribution >= 0.6 is 11.3 Å². The van der Waals surface area contributed by atoms with E-state index in [1.165, 1.54) is 0 Å². The van der Waals surface area contributed by atoms with Crippen molar-refractivity contribution in [1.29, 1.82) is 0 Å². The van der Waals surface area contributed by atoms with E-state index in [9.17, 15) is 14.4 Å². The Morgan fingerprint density at radius 1 is 1.06 bits per heavy atom. The molecule has 1 fully saturated rings. The van der Waals surface area contributed by atoms with E-state index in [2.05, 4.69) is 24.5 Å². The molecular weight excluding hydrogens is 410 g/mol. The van der Waals surface area contributed by atoms with Gasteiger partial charge < -0.3 is 14.8 Å².